The van der Waals surface area contributed by atoms with E-state index in [4.69, 9.17) is 0 Å². The summed E-state index contributed by atoms with van der Waals surface area (Å²) in [5.41, 5.74) is 1.45. The number of allylic oxidation sites excluding steroid dienone is 1. The maximum Gasteiger partial charge on any atom is 0.224 e. The van der Waals surface area contributed by atoms with Gasteiger partial charge in [0.2, 0.25) is 17.7 Å². The highest BCUT2D eigenvalue weighted by molar-refractivity contribution is 5.79. The Morgan fingerprint density at radius 2 is 1.68 bits per heavy atom. The van der Waals surface area contributed by atoms with Crippen LogP contribution in [-0.2, 0) is 14.4 Å². The van der Waals surface area contributed by atoms with Crippen molar-refractivity contribution in [3.63, 3.8) is 0 Å². The Balaban J connectivity index is 1.74. The molecule has 1 heterocycles. The van der Waals surface area contributed by atoms with Crippen molar-refractivity contribution in [2.45, 2.75) is 52.4 Å². The number of amides is 3. The summed E-state index contributed by atoms with van der Waals surface area (Å²) in [4.78, 5) is 40.9. The number of nitrogens with zero attached hydrogens (tertiary/aromatic N) is 3. The van der Waals surface area contributed by atoms with Crippen LogP contribution >= 0.6 is 0 Å². The Morgan fingerprint density at radius 3 is 2.24 bits per heavy atom. The van der Waals surface area contributed by atoms with Crippen molar-refractivity contribution in [3.05, 3.63) is 11.6 Å². The molecule has 0 spiro atoms. The number of rotatable bonds is 6. The largest absolute Gasteiger partial charge is 0.342 e. The van der Waals surface area contributed by atoms with E-state index < -0.39 is 0 Å². The number of hydrogen-bond acceptors (Lipinski definition) is 3. The summed E-state index contributed by atoms with van der Waals surface area (Å²) in [6.45, 7) is 6.70. The van der Waals surface area contributed by atoms with E-state index in [0.29, 0.717) is 45.7 Å². The Hall–Kier alpha value is -1.85. The molecule has 25 heavy (non-hydrogen) atoms. The van der Waals surface area contributed by atoms with Crippen LogP contribution in [0.15, 0.2) is 11.6 Å². The van der Waals surface area contributed by atoms with Gasteiger partial charge in [0.25, 0.3) is 0 Å². The third kappa shape index (κ3) is 6.18. The fraction of sp³-hybridized carbons (Fsp3) is 0.737. The molecule has 0 saturated carbocycles. The van der Waals surface area contributed by atoms with Crippen molar-refractivity contribution in [2.24, 2.45) is 0 Å². The minimum Gasteiger partial charge on any atom is -0.342 e. The predicted molar refractivity (Wildman–Crippen MR) is 96.9 cm³/mol. The van der Waals surface area contributed by atoms with Gasteiger partial charge in [0.15, 0.2) is 0 Å². The van der Waals surface area contributed by atoms with E-state index in [2.05, 4.69) is 6.08 Å². The molecule has 0 N–H and O–H groups in total. The quantitative estimate of drug-likeness (QED) is 0.687. The normalized spacial score (nSPS) is 17.9. The van der Waals surface area contributed by atoms with Crippen molar-refractivity contribution in [2.75, 3.05) is 39.3 Å². The molecule has 1 saturated heterocycles. The third-order valence-electron chi connectivity index (χ3n) is 5.21. The zero-order valence-corrected chi connectivity index (χ0v) is 15.6. The highest BCUT2D eigenvalue weighted by Crippen LogP contribution is 2.20. The summed E-state index contributed by atoms with van der Waals surface area (Å²) < 4.78 is 0. The predicted octanol–water partition coefficient (Wildman–Crippen LogP) is 1.81. The maximum atomic E-state index is 12.4. The van der Waals surface area contributed by atoms with Gasteiger partial charge < -0.3 is 14.7 Å². The highest BCUT2D eigenvalue weighted by atomic mass is 16.2. The van der Waals surface area contributed by atoms with Gasteiger partial charge in [-0.25, -0.2) is 0 Å². The lowest BCUT2D eigenvalue weighted by Crippen LogP contribution is -2.50. The van der Waals surface area contributed by atoms with E-state index in [9.17, 15) is 14.4 Å². The summed E-state index contributed by atoms with van der Waals surface area (Å²) in [6.07, 6.45) is 8.40. The lowest BCUT2D eigenvalue weighted by Gasteiger charge is -2.34. The SMILES string of the molecule is CC(=O)N(CCC(=O)N1CCN(C(C)=O)CC1)CCC1=CCCCC1. The molecule has 0 radical (unpaired) electrons. The van der Waals surface area contributed by atoms with Crippen molar-refractivity contribution in [1.82, 2.24) is 14.7 Å². The van der Waals surface area contributed by atoms with Crippen molar-refractivity contribution >= 4 is 17.7 Å². The number of carbonyl (C=O) groups is 3. The smallest absolute Gasteiger partial charge is 0.224 e. The third-order valence-corrected chi connectivity index (χ3v) is 5.21. The summed E-state index contributed by atoms with van der Waals surface area (Å²) in [7, 11) is 0. The second-order valence-corrected chi connectivity index (χ2v) is 7.00. The Morgan fingerprint density at radius 1 is 1.00 bits per heavy atom. The molecule has 1 aliphatic heterocycles. The molecule has 0 aromatic rings. The molecule has 2 rings (SSSR count). The fourth-order valence-corrected chi connectivity index (χ4v) is 3.50. The van der Waals surface area contributed by atoms with Crippen LogP contribution in [0.4, 0.5) is 0 Å². The topological polar surface area (TPSA) is 60.9 Å². The first-order chi connectivity index (χ1) is 12.0. The lowest BCUT2D eigenvalue weighted by atomic mass is 9.97. The zero-order chi connectivity index (χ0) is 18.2. The number of piperazine rings is 1. The molecule has 2 aliphatic rings. The van der Waals surface area contributed by atoms with Gasteiger partial charge in [-0.3, -0.25) is 14.4 Å². The monoisotopic (exact) mass is 349 g/mol. The van der Waals surface area contributed by atoms with Gasteiger partial charge in [-0.1, -0.05) is 11.6 Å². The fourth-order valence-electron chi connectivity index (χ4n) is 3.50. The zero-order valence-electron chi connectivity index (χ0n) is 15.6. The molecular formula is C19H31N3O3. The van der Waals surface area contributed by atoms with E-state index in [1.54, 1.807) is 28.5 Å². The highest BCUT2D eigenvalue weighted by Gasteiger charge is 2.23. The van der Waals surface area contributed by atoms with Crippen LogP contribution in [0.3, 0.4) is 0 Å². The van der Waals surface area contributed by atoms with E-state index in [1.165, 1.54) is 18.4 Å². The van der Waals surface area contributed by atoms with Gasteiger partial charge in [0, 0.05) is 59.5 Å². The molecule has 1 aliphatic carbocycles. The number of carbonyl (C=O) groups excluding carboxylic acids is 3. The van der Waals surface area contributed by atoms with Crippen molar-refractivity contribution in [3.8, 4) is 0 Å². The van der Waals surface area contributed by atoms with E-state index in [1.807, 2.05) is 0 Å². The molecule has 6 heteroatoms. The minimum absolute atomic E-state index is 0.0330. The molecule has 0 aromatic carbocycles. The second-order valence-electron chi connectivity index (χ2n) is 7.00. The number of hydrogen-bond donors (Lipinski definition) is 0. The lowest BCUT2D eigenvalue weighted by molar-refractivity contribution is -0.139. The Labute approximate surface area is 150 Å². The standard InChI is InChI=1S/C19H31N3O3/c1-16(23)20(10-8-18-6-4-3-5-7-18)11-9-19(25)22-14-12-21(13-15-22)17(2)24/h6H,3-5,7-15H2,1-2H3. The van der Waals surface area contributed by atoms with Crippen molar-refractivity contribution < 1.29 is 14.4 Å². The Kier molecular flexibility index (Phi) is 7.47. The maximum absolute atomic E-state index is 12.4. The van der Waals surface area contributed by atoms with Gasteiger partial charge in [-0.05, 0) is 32.1 Å². The first kappa shape index (κ1) is 19.5. The molecule has 140 valence electrons. The Bertz CT molecular complexity index is 522. The average Bonchev–Trinajstić information content (AvgIpc) is 2.62. The molecule has 0 aromatic heterocycles. The van der Waals surface area contributed by atoms with Crippen LogP contribution < -0.4 is 0 Å². The molecule has 0 bridgehead atoms. The van der Waals surface area contributed by atoms with Crippen molar-refractivity contribution in [1.29, 1.82) is 0 Å². The summed E-state index contributed by atoms with van der Waals surface area (Å²) >= 11 is 0. The summed E-state index contributed by atoms with van der Waals surface area (Å²) in [6, 6.07) is 0. The van der Waals surface area contributed by atoms with Gasteiger partial charge >= 0.3 is 0 Å². The molecule has 3 amide bonds. The molecular weight excluding hydrogens is 318 g/mol. The van der Waals surface area contributed by atoms with Gasteiger partial charge in [0.05, 0.1) is 0 Å². The molecule has 0 atom stereocenters. The molecule has 1 fully saturated rings. The summed E-state index contributed by atoms with van der Waals surface area (Å²) in [5, 5.41) is 0. The van der Waals surface area contributed by atoms with Gasteiger partial charge in [-0.2, -0.15) is 0 Å². The van der Waals surface area contributed by atoms with E-state index >= 15 is 0 Å². The van der Waals surface area contributed by atoms with Crippen LogP contribution in [-0.4, -0.2) is 71.7 Å². The first-order valence-corrected chi connectivity index (χ1v) is 9.44. The first-order valence-electron chi connectivity index (χ1n) is 9.44. The van der Waals surface area contributed by atoms with Crippen LogP contribution in [0.1, 0.15) is 52.4 Å². The van der Waals surface area contributed by atoms with Crippen LogP contribution in [0.25, 0.3) is 0 Å². The van der Waals surface area contributed by atoms with Crippen LogP contribution in [0.2, 0.25) is 0 Å². The average molecular weight is 349 g/mol. The van der Waals surface area contributed by atoms with Gasteiger partial charge in [-0.15, -0.1) is 0 Å². The van der Waals surface area contributed by atoms with Crippen LogP contribution in [0.5, 0.6) is 0 Å². The minimum atomic E-state index is 0.0330. The molecule has 0 unspecified atom stereocenters. The van der Waals surface area contributed by atoms with E-state index in [0.717, 1.165) is 19.3 Å². The molecule has 6 nitrogen and oxygen atoms in total. The van der Waals surface area contributed by atoms with E-state index in [-0.39, 0.29) is 17.7 Å². The summed E-state index contributed by atoms with van der Waals surface area (Å²) in [5.74, 6) is 0.170. The van der Waals surface area contributed by atoms with Crippen LogP contribution in [0, 0.1) is 0 Å². The second kappa shape index (κ2) is 9.59. The van der Waals surface area contributed by atoms with Gasteiger partial charge in [0.1, 0.15) is 0 Å².